The van der Waals surface area contributed by atoms with E-state index in [0.717, 1.165) is 24.9 Å². The van der Waals surface area contributed by atoms with Crippen molar-refractivity contribution < 1.29 is 19.4 Å². The van der Waals surface area contributed by atoms with Crippen LogP contribution in [0.15, 0.2) is 36.4 Å². The fourth-order valence-corrected chi connectivity index (χ4v) is 2.48. The molecule has 2 rings (SSSR count). The van der Waals surface area contributed by atoms with Crippen LogP contribution in [0.3, 0.4) is 0 Å². The van der Waals surface area contributed by atoms with E-state index in [-0.39, 0.29) is 15.8 Å². The average molecular weight is 355 g/mol. The SMILES string of the molecule is O=Cc1ccc(OCCCCOc2c(Cl)cc(O)cc2Cl)cc1. The number of hydrogen-bond donors (Lipinski definition) is 1. The van der Waals surface area contributed by atoms with Gasteiger partial charge in [0.2, 0.25) is 0 Å². The van der Waals surface area contributed by atoms with Gasteiger partial charge in [0.15, 0.2) is 5.75 Å². The van der Waals surface area contributed by atoms with Gasteiger partial charge in [0.1, 0.15) is 17.8 Å². The van der Waals surface area contributed by atoms with Gasteiger partial charge in [0.25, 0.3) is 0 Å². The molecule has 0 bridgehead atoms. The van der Waals surface area contributed by atoms with Crippen molar-refractivity contribution in [1.82, 2.24) is 0 Å². The second kappa shape index (κ2) is 8.65. The van der Waals surface area contributed by atoms with Gasteiger partial charge in [-0.1, -0.05) is 23.2 Å². The third-order valence-electron chi connectivity index (χ3n) is 3.05. The number of phenolic OH excluding ortho intramolecular Hbond substituents is 1. The Morgan fingerprint density at radius 2 is 1.52 bits per heavy atom. The number of phenols is 1. The molecule has 0 amide bonds. The molecule has 0 radical (unpaired) electrons. The van der Waals surface area contributed by atoms with Crippen LogP contribution in [-0.2, 0) is 0 Å². The third-order valence-corrected chi connectivity index (χ3v) is 3.61. The minimum Gasteiger partial charge on any atom is -0.508 e. The van der Waals surface area contributed by atoms with E-state index in [1.807, 2.05) is 0 Å². The van der Waals surface area contributed by atoms with E-state index < -0.39 is 0 Å². The molecule has 0 heterocycles. The maximum Gasteiger partial charge on any atom is 0.156 e. The summed E-state index contributed by atoms with van der Waals surface area (Å²) in [5, 5.41) is 9.90. The first-order valence-corrected chi connectivity index (χ1v) is 7.84. The second-order valence-corrected chi connectivity index (χ2v) is 5.64. The lowest BCUT2D eigenvalue weighted by Gasteiger charge is -2.10. The minimum absolute atomic E-state index is 0.00125. The number of hydrogen-bond acceptors (Lipinski definition) is 4. The smallest absolute Gasteiger partial charge is 0.156 e. The molecular weight excluding hydrogens is 339 g/mol. The van der Waals surface area contributed by atoms with Crippen LogP contribution in [0.5, 0.6) is 17.2 Å². The van der Waals surface area contributed by atoms with Crippen LogP contribution in [0.2, 0.25) is 10.0 Å². The van der Waals surface area contributed by atoms with Crippen LogP contribution in [0.1, 0.15) is 23.2 Å². The molecule has 6 heteroatoms. The standard InChI is InChI=1S/C17H16Cl2O4/c18-15-9-13(21)10-16(19)17(15)23-8-2-1-7-22-14-5-3-12(11-20)4-6-14/h3-6,9-11,21H,1-2,7-8H2. The number of benzene rings is 2. The molecule has 0 aliphatic rings. The van der Waals surface area contributed by atoms with Crippen molar-refractivity contribution in [3.8, 4) is 17.2 Å². The monoisotopic (exact) mass is 354 g/mol. The van der Waals surface area contributed by atoms with Crippen molar-refractivity contribution >= 4 is 29.5 Å². The van der Waals surface area contributed by atoms with Crippen LogP contribution in [0.4, 0.5) is 0 Å². The van der Waals surface area contributed by atoms with Gasteiger partial charge in [-0.15, -0.1) is 0 Å². The third kappa shape index (κ3) is 5.34. The number of aromatic hydroxyl groups is 1. The first-order chi connectivity index (χ1) is 11.1. The van der Waals surface area contributed by atoms with Gasteiger partial charge in [0.05, 0.1) is 23.3 Å². The van der Waals surface area contributed by atoms with Crippen molar-refractivity contribution in [1.29, 1.82) is 0 Å². The molecule has 1 N–H and O–H groups in total. The maximum absolute atomic E-state index is 10.5. The lowest BCUT2D eigenvalue weighted by Crippen LogP contribution is -2.03. The van der Waals surface area contributed by atoms with Crippen molar-refractivity contribution in [2.45, 2.75) is 12.8 Å². The Kier molecular flexibility index (Phi) is 6.56. The molecule has 0 aromatic heterocycles. The molecule has 122 valence electrons. The largest absolute Gasteiger partial charge is 0.508 e. The van der Waals surface area contributed by atoms with Crippen molar-refractivity contribution in [2.75, 3.05) is 13.2 Å². The van der Waals surface area contributed by atoms with E-state index in [9.17, 15) is 9.90 Å². The molecule has 0 spiro atoms. The van der Waals surface area contributed by atoms with Gasteiger partial charge < -0.3 is 14.6 Å². The van der Waals surface area contributed by atoms with Crippen molar-refractivity contribution in [2.24, 2.45) is 0 Å². The van der Waals surface area contributed by atoms with E-state index in [0.29, 0.717) is 24.5 Å². The maximum atomic E-state index is 10.5. The summed E-state index contributed by atoms with van der Waals surface area (Å²) in [6, 6.07) is 9.71. The first-order valence-electron chi connectivity index (χ1n) is 7.09. The number of unbranched alkanes of at least 4 members (excludes halogenated alkanes) is 1. The summed E-state index contributed by atoms with van der Waals surface area (Å²) in [5.74, 6) is 1.10. The number of ether oxygens (including phenoxy) is 2. The Balaban J connectivity index is 1.69. The molecule has 2 aromatic carbocycles. The minimum atomic E-state index is 0.00125. The van der Waals surface area contributed by atoms with E-state index in [4.69, 9.17) is 32.7 Å². The highest BCUT2D eigenvalue weighted by Gasteiger charge is 2.09. The lowest BCUT2D eigenvalue weighted by atomic mass is 10.2. The Morgan fingerprint density at radius 3 is 2.09 bits per heavy atom. The van der Waals surface area contributed by atoms with Crippen molar-refractivity contribution in [3.05, 3.63) is 52.0 Å². The quantitative estimate of drug-likeness (QED) is 0.548. The fourth-order valence-electron chi connectivity index (χ4n) is 1.90. The predicted molar refractivity (Wildman–Crippen MR) is 90.2 cm³/mol. The number of rotatable bonds is 8. The van der Waals surface area contributed by atoms with Crippen molar-refractivity contribution in [3.63, 3.8) is 0 Å². The Bertz CT molecular complexity index is 633. The molecular formula is C17H16Cl2O4. The second-order valence-electron chi connectivity index (χ2n) is 4.83. The van der Waals surface area contributed by atoms with Crippen LogP contribution in [0.25, 0.3) is 0 Å². The van der Waals surface area contributed by atoms with Crippen LogP contribution < -0.4 is 9.47 Å². The number of aldehydes is 1. The number of halogens is 2. The van der Waals surface area contributed by atoms with E-state index >= 15 is 0 Å². The summed E-state index contributed by atoms with van der Waals surface area (Å²) >= 11 is 11.9. The van der Waals surface area contributed by atoms with E-state index in [1.54, 1.807) is 24.3 Å². The zero-order valence-corrected chi connectivity index (χ0v) is 13.8. The average Bonchev–Trinajstić information content (AvgIpc) is 2.53. The van der Waals surface area contributed by atoms with E-state index in [1.165, 1.54) is 12.1 Å². The van der Waals surface area contributed by atoms with Gasteiger partial charge >= 0.3 is 0 Å². The van der Waals surface area contributed by atoms with Crippen LogP contribution in [-0.4, -0.2) is 24.6 Å². The summed E-state index contributed by atoms with van der Waals surface area (Å²) in [6.45, 7) is 0.985. The van der Waals surface area contributed by atoms with Gasteiger partial charge in [-0.25, -0.2) is 0 Å². The topological polar surface area (TPSA) is 55.8 Å². The normalized spacial score (nSPS) is 10.3. The Morgan fingerprint density at radius 1 is 0.957 bits per heavy atom. The molecule has 0 saturated heterocycles. The lowest BCUT2D eigenvalue weighted by molar-refractivity contribution is 0.112. The summed E-state index contributed by atoms with van der Waals surface area (Å²) in [6.07, 6.45) is 2.35. The fraction of sp³-hybridized carbons (Fsp3) is 0.235. The summed E-state index contributed by atoms with van der Waals surface area (Å²) < 4.78 is 11.1. The van der Waals surface area contributed by atoms with Gasteiger partial charge in [0, 0.05) is 17.7 Å². The van der Waals surface area contributed by atoms with Crippen LogP contribution >= 0.6 is 23.2 Å². The molecule has 0 saturated carbocycles. The molecule has 2 aromatic rings. The highest BCUT2D eigenvalue weighted by atomic mass is 35.5. The van der Waals surface area contributed by atoms with Gasteiger partial charge in [-0.2, -0.15) is 0 Å². The molecule has 23 heavy (non-hydrogen) atoms. The Hall–Kier alpha value is -1.91. The molecule has 0 atom stereocenters. The number of carbonyl (C=O) groups is 1. The Labute approximate surface area is 144 Å². The highest BCUT2D eigenvalue weighted by molar-refractivity contribution is 6.37. The number of carbonyl (C=O) groups excluding carboxylic acids is 1. The van der Waals surface area contributed by atoms with Gasteiger partial charge in [-0.3, -0.25) is 4.79 Å². The van der Waals surface area contributed by atoms with E-state index in [2.05, 4.69) is 0 Å². The van der Waals surface area contributed by atoms with Gasteiger partial charge in [-0.05, 0) is 37.1 Å². The highest BCUT2D eigenvalue weighted by Crippen LogP contribution is 2.36. The predicted octanol–water partition coefficient (Wildman–Crippen LogP) is 4.75. The summed E-state index contributed by atoms with van der Waals surface area (Å²) in [4.78, 5) is 10.5. The first kappa shape index (κ1) is 17.4. The molecule has 0 aliphatic carbocycles. The molecule has 0 fully saturated rings. The molecule has 4 nitrogen and oxygen atoms in total. The zero-order valence-electron chi connectivity index (χ0n) is 12.3. The zero-order chi connectivity index (χ0) is 16.7. The molecule has 0 unspecified atom stereocenters. The molecule has 0 aliphatic heterocycles. The summed E-state index contributed by atoms with van der Waals surface area (Å²) in [5.41, 5.74) is 0.619. The summed E-state index contributed by atoms with van der Waals surface area (Å²) in [7, 11) is 0. The van der Waals surface area contributed by atoms with Crippen LogP contribution in [0, 0.1) is 0 Å².